The third-order valence-corrected chi connectivity index (χ3v) is 5.01. The number of aromatic nitrogens is 1. The van der Waals surface area contributed by atoms with Crippen LogP contribution in [0.4, 0.5) is 0 Å². The second-order valence-corrected chi connectivity index (χ2v) is 6.12. The SMILES string of the molecule is CCC(CC)(CN)C(=O)N1CCN(Cc2ccncc2)CC1.Cl. The van der Waals surface area contributed by atoms with Gasteiger partial charge >= 0.3 is 0 Å². The molecule has 5 nitrogen and oxygen atoms in total. The lowest BCUT2D eigenvalue weighted by Gasteiger charge is -2.40. The van der Waals surface area contributed by atoms with Gasteiger partial charge in [-0.1, -0.05) is 13.8 Å². The van der Waals surface area contributed by atoms with E-state index in [-0.39, 0.29) is 23.7 Å². The van der Waals surface area contributed by atoms with E-state index in [1.807, 2.05) is 29.4 Å². The van der Waals surface area contributed by atoms with E-state index < -0.39 is 0 Å². The van der Waals surface area contributed by atoms with Crippen molar-refractivity contribution in [2.45, 2.75) is 33.2 Å². The lowest BCUT2D eigenvalue weighted by Crippen LogP contribution is -2.54. The average Bonchev–Trinajstić information content (AvgIpc) is 2.58. The van der Waals surface area contributed by atoms with Crippen LogP contribution < -0.4 is 5.73 Å². The molecule has 1 amide bonds. The lowest BCUT2D eigenvalue weighted by atomic mass is 9.81. The molecule has 1 fully saturated rings. The Kier molecular flexibility index (Phi) is 7.95. The van der Waals surface area contributed by atoms with Gasteiger partial charge in [0.2, 0.25) is 5.91 Å². The van der Waals surface area contributed by atoms with Gasteiger partial charge in [-0.05, 0) is 30.5 Å². The largest absolute Gasteiger partial charge is 0.340 e. The normalized spacial score (nSPS) is 16.0. The second kappa shape index (κ2) is 9.21. The fraction of sp³-hybridized carbons (Fsp3) is 0.647. The summed E-state index contributed by atoms with van der Waals surface area (Å²) < 4.78 is 0. The molecule has 1 aliphatic heterocycles. The zero-order chi connectivity index (χ0) is 16.0. The molecule has 0 atom stereocenters. The first kappa shape index (κ1) is 19.9. The van der Waals surface area contributed by atoms with E-state index in [9.17, 15) is 4.79 Å². The zero-order valence-electron chi connectivity index (χ0n) is 14.2. The number of piperazine rings is 1. The molecule has 0 aromatic carbocycles. The molecule has 6 heteroatoms. The van der Waals surface area contributed by atoms with Gasteiger partial charge in [0, 0.05) is 51.7 Å². The van der Waals surface area contributed by atoms with E-state index in [4.69, 9.17) is 5.73 Å². The topological polar surface area (TPSA) is 62.5 Å². The Labute approximate surface area is 145 Å². The number of carbonyl (C=O) groups excluding carboxylic acids is 1. The molecule has 1 aliphatic rings. The van der Waals surface area contributed by atoms with Crippen LogP contribution in [0.25, 0.3) is 0 Å². The summed E-state index contributed by atoms with van der Waals surface area (Å²) in [7, 11) is 0. The van der Waals surface area contributed by atoms with Crippen LogP contribution in [0.1, 0.15) is 32.3 Å². The highest BCUT2D eigenvalue weighted by Crippen LogP contribution is 2.28. The summed E-state index contributed by atoms with van der Waals surface area (Å²) in [5, 5.41) is 0. The molecule has 130 valence electrons. The molecule has 0 spiro atoms. The molecule has 1 saturated heterocycles. The number of halogens is 1. The van der Waals surface area contributed by atoms with Crippen LogP contribution in [0.2, 0.25) is 0 Å². The number of rotatable bonds is 6. The maximum absolute atomic E-state index is 12.8. The molecule has 2 N–H and O–H groups in total. The molecule has 0 saturated carbocycles. The summed E-state index contributed by atoms with van der Waals surface area (Å²) >= 11 is 0. The Hall–Kier alpha value is -1.17. The van der Waals surface area contributed by atoms with Gasteiger partial charge in [0.15, 0.2) is 0 Å². The van der Waals surface area contributed by atoms with Crippen LogP contribution in [0, 0.1) is 5.41 Å². The fourth-order valence-electron chi connectivity index (χ4n) is 3.12. The molecule has 0 unspecified atom stereocenters. The van der Waals surface area contributed by atoms with E-state index in [2.05, 4.69) is 23.7 Å². The highest BCUT2D eigenvalue weighted by Gasteiger charge is 2.37. The zero-order valence-corrected chi connectivity index (χ0v) is 15.0. The number of nitrogens with zero attached hydrogens (tertiary/aromatic N) is 3. The van der Waals surface area contributed by atoms with E-state index in [1.165, 1.54) is 5.56 Å². The maximum atomic E-state index is 12.8. The Balaban J connectivity index is 0.00000264. The Bertz CT molecular complexity index is 462. The Morgan fingerprint density at radius 2 is 1.74 bits per heavy atom. The number of pyridine rings is 1. The van der Waals surface area contributed by atoms with Crippen LogP contribution in [-0.4, -0.2) is 53.4 Å². The summed E-state index contributed by atoms with van der Waals surface area (Å²) in [6.07, 6.45) is 5.28. The van der Waals surface area contributed by atoms with Crippen molar-refractivity contribution < 1.29 is 4.79 Å². The van der Waals surface area contributed by atoms with Crippen molar-refractivity contribution in [3.63, 3.8) is 0 Å². The van der Waals surface area contributed by atoms with Gasteiger partial charge in [-0.3, -0.25) is 14.7 Å². The smallest absolute Gasteiger partial charge is 0.230 e. The number of amides is 1. The summed E-state index contributed by atoms with van der Waals surface area (Å²) in [4.78, 5) is 21.2. The Morgan fingerprint density at radius 3 is 2.22 bits per heavy atom. The number of hydrogen-bond acceptors (Lipinski definition) is 4. The maximum Gasteiger partial charge on any atom is 0.230 e. The quantitative estimate of drug-likeness (QED) is 0.859. The number of hydrogen-bond donors (Lipinski definition) is 1. The Morgan fingerprint density at radius 1 is 1.17 bits per heavy atom. The molecule has 1 aromatic rings. The van der Waals surface area contributed by atoms with E-state index in [0.29, 0.717) is 6.54 Å². The third-order valence-electron chi connectivity index (χ3n) is 5.01. The van der Waals surface area contributed by atoms with E-state index in [0.717, 1.165) is 45.6 Å². The van der Waals surface area contributed by atoms with Crippen LogP contribution in [0.5, 0.6) is 0 Å². The van der Waals surface area contributed by atoms with E-state index >= 15 is 0 Å². The average molecular weight is 341 g/mol. The van der Waals surface area contributed by atoms with Crippen LogP contribution in [0.15, 0.2) is 24.5 Å². The molecule has 2 heterocycles. The first-order chi connectivity index (χ1) is 10.6. The van der Waals surface area contributed by atoms with Gasteiger partial charge < -0.3 is 10.6 Å². The van der Waals surface area contributed by atoms with Crippen molar-refractivity contribution in [2.75, 3.05) is 32.7 Å². The molecule has 2 rings (SSSR count). The van der Waals surface area contributed by atoms with Gasteiger partial charge in [0.25, 0.3) is 0 Å². The lowest BCUT2D eigenvalue weighted by molar-refractivity contribution is -0.144. The predicted molar refractivity (Wildman–Crippen MR) is 95.4 cm³/mol. The van der Waals surface area contributed by atoms with Crippen molar-refractivity contribution in [3.8, 4) is 0 Å². The van der Waals surface area contributed by atoms with Crippen molar-refractivity contribution in [1.82, 2.24) is 14.8 Å². The highest BCUT2D eigenvalue weighted by molar-refractivity contribution is 5.85. The van der Waals surface area contributed by atoms with Crippen molar-refractivity contribution in [1.29, 1.82) is 0 Å². The first-order valence-electron chi connectivity index (χ1n) is 8.26. The van der Waals surface area contributed by atoms with Gasteiger partial charge in [0.05, 0.1) is 5.41 Å². The summed E-state index contributed by atoms with van der Waals surface area (Å²) in [5.74, 6) is 0.239. The molecule has 1 aromatic heterocycles. The molecule has 23 heavy (non-hydrogen) atoms. The van der Waals surface area contributed by atoms with Crippen molar-refractivity contribution in [3.05, 3.63) is 30.1 Å². The van der Waals surface area contributed by atoms with Crippen molar-refractivity contribution >= 4 is 18.3 Å². The summed E-state index contributed by atoms with van der Waals surface area (Å²) in [5.41, 5.74) is 6.81. The minimum absolute atomic E-state index is 0. The standard InChI is InChI=1S/C17H28N4O.ClH/c1-3-17(4-2,14-18)16(22)21-11-9-20(10-12-21)13-15-5-7-19-8-6-15;/h5-8H,3-4,9-14,18H2,1-2H3;1H. The van der Waals surface area contributed by atoms with Gasteiger partial charge in [-0.15, -0.1) is 12.4 Å². The minimum atomic E-state index is -0.368. The summed E-state index contributed by atoms with van der Waals surface area (Å²) in [6, 6.07) is 4.09. The van der Waals surface area contributed by atoms with Crippen molar-refractivity contribution in [2.24, 2.45) is 11.1 Å². The fourth-order valence-corrected chi connectivity index (χ4v) is 3.12. The number of carbonyl (C=O) groups is 1. The first-order valence-corrected chi connectivity index (χ1v) is 8.26. The minimum Gasteiger partial charge on any atom is -0.340 e. The molecule has 0 aliphatic carbocycles. The van der Waals surface area contributed by atoms with Gasteiger partial charge in [0.1, 0.15) is 0 Å². The molecular formula is C17H29ClN4O. The third kappa shape index (κ3) is 4.66. The van der Waals surface area contributed by atoms with Crippen LogP contribution in [0.3, 0.4) is 0 Å². The van der Waals surface area contributed by atoms with Crippen LogP contribution >= 0.6 is 12.4 Å². The van der Waals surface area contributed by atoms with Crippen LogP contribution in [-0.2, 0) is 11.3 Å². The monoisotopic (exact) mass is 340 g/mol. The number of nitrogens with two attached hydrogens (primary N) is 1. The highest BCUT2D eigenvalue weighted by atomic mass is 35.5. The van der Waals surface area contributed by atoms with Gasteiger partial charge in [-0.25, -0.2) is 0 Å². The molecule has 0 radical (unpaired) electrons. The molecule has 0 bridgehead atoms. The second-order valence-electron chi connectivity index (χ2n) is 6.12. The summed E-state index contributed by atoms with van der Waals surface area (Å²) in [6.45, 7) is 8.92. The van der Waals surface area contributed by atoms with E-state index in [1.54, 1.807) is 0 Å². The molecular weight excluding hydrogens is 312 g/mol. The van der Waals surface area contributed by atoms with Gasteiger partial charge in [-0.2, -0.15) is 0 Å². The predicted octanol–water partition coefficient (Wildman–Crippen LogP) is 1.91.